The van der Waals surface area contributed by atoms with Gasteiger partial charge in [0.05, 0.1) is 13.1 Å². The molecule has 134 valence electrons. The quantitative estimate of drug-likeness (QED) is 0.907. The molecule has 0 fully saturated rings. The number of fused-ring (bicyclic) bond motifs is 1. The van der Waals surface area contributed by atoms with Crippen LogP contribution >= 0.6 is 0 Å². The van der Waals surface area contributed by atoms with Gasteiger partial charge >= 0.3 is 0 Å². The standard InChI is InChI=1S/C23H26N2O/c1-18(23(26)25-15-7-11-21-10-5-6-12-22(21)25)24-16-13-20(14-17-24)19-8-3-2-4-9-19/h2-6,8-10,12-13,18H,7,11,14-17H2,1H3/p+1/t18-/m0/s1. The van der Waals surface area contributed by atoms with Crippen LogP contribution in [0.4, 0.5) is 5.69 Å². The smallest absolute Gasteiger partial charge is 0.284 e. The van der Waals surface area contributed by atoms with Crippen LogP contribution < -0.4 is 9.80 Å². The van der Waals surface area contributed by atoms with Crippen molar-refractivity contribution in [2.24, 2.45) is 0 Å². The van der Waals surface area contributed by atoms with Gasteiger partial charge in [0.25, 0.3) is 5.91 Å². The minimum Gasteiger partial charge on any atom is -0.321 e. The minimum absolute atomic E-state index is 0.00488. The van der Waals surface area contributed by atoms with E-state index in [4.69, 9.17) is 0 Å². The second kappa shape index (κ2) is 7.46. The van der Waals surface area contributed by atoms with Crippen molar-refractivity contribution in [1.29, 1.82) is 0 Å². The number of carbonyl (C=O) groups is 1. The molecule has 2 aromatic rings. The van der Waals surface area contributed by atoms with E-state index in [0.717, 1.165) is 44.6 Å². The molecule has 1 N–H and O–H groups in total. The number of nitrogens with one attached hydrogen (secondary N) is 1. The van der Waals surface area contributed by atoms with E-state index in [1.807, 2.05) is 11.0 Å². The second-order valence-corrected chi connectivity index (χ2v) is 7.40. The van der Waals surface area contributed by atoms with Crippen LogP contribution in [0.1, 0.15) is 30.9 Å². The summed E-state index contributed by atoms with van der Waals surface area (Å²) in [6.07, 6.45) is 5.49. The number of anilines is 1. The lowest BCUT2D eigenvalue weighted by Gasteiger charge is -2.34. The lowest BCUT2D eigenvalue weighted by Crippen LogP contribution is -3.17. The monoisotopic (exact) mass is 347 g/mol. The number of hydrogen-bond donors (Lipinski definition) is 1. The predicted octanol–water partition coefficient (Wildman–Crippen LogP) is 2.73. The van der Waals surface area contributed by atoms with Gasteiger partial charge in [0.2, 0.25) is 0 Å². The maximum atomic E-state index is 13.2. The van der Waals surface area contributed by atoms with E-state index in [1.54, 1.807) is 0 Å². The summed E-state index contributed by atoms with van der Waals surface area (Å²) in [5.74, 6) is 0.267. The molecule has 1 unspecified atom stereocenters. The van der Waals surface area contributed by atoms with Crippen molar-refractivity contribution in [3.63, 3.8) is 0 Å². The first kappa shape index (κ1) is 17.0. The molecule has 2 aliphatic rings. The van der Waals surface area contributed by atoms with Crippen molar-refractivity contribution in [3.05, 3.63) is 71.8 Å². The van der Waals surface area contributed by atoms with Gasteiger partial charge in [-0.2, -0.15) is 0 Å². The number of benzene rings is 2. The molecule has 0 spiro atoms. The summed E-state index contributed by atoms with van der Waals surface area (Å²) >= 11 is 0. The second-order valence-electron chi connectivity index (χ2n) is 7.40. The van der Waals surface area contributed by atoms with E-state index in [9.17, 15) is 4.79 Å². The summed E-state index contributed by atoms with van der Waals surface area (Å²) in [4.78, 5) is 16.6. The Kier molecular flexibility index (Phi) is 4.89. The molecule has 1 amide bonds. The van der Waals surface area contributed by atoms with Gasteiger partial charge in [-0.15, -0.1) is 0 Å². The van der Waals surface area contributed by atoms with Crippen LogP contribution in [0.25, 0.3) is 5.57 Å². The highest BCUT2D eigenvalue weighted by Crippen LogP contribution is 2.27. The van der Waals surface area contributed by atoms with E-state index in [0.29, 0.717) is 0 Å². The number of rotatable bonds is 3. The molecule has 3 nitrogen and oxygen atoms in total. The third kappa shape index (κ3) is 3.32. The average molecular weight is 347 g/mol. The molecular formula is C23H27N2O+. The molecule has 0 aromatic heterocycles. The van der Waals surface area contributed by atoms with E-state index >= 15 is 0 Å². The Hall–Kier alpha value is -2.39. The lowest BCUT2D eigenvalue weighted by molar-refractivity contribution is -0.909. The number of nitrogens with zero attached hydrogens (tertiary/aromatic N) is 1. The minimum atomic E-state index is -0.00488. The van der Waals surface area contributed by atoms with Crippen molar-refractivity contribution in [3.8, 4) is 0 Å². The van der Waals surface area contributed by atoms with Crippen molar-refractivity contribution in [2.75, 3.05) is 24.5 Å². The normalized spacial score (nSPS) is 20.9. The lowest BCUT2D eigenvalue weighted by atomic mass is 9.98. The molecule has 2 aliphatic heterocycles. The summed E-state index contributed by atoms with van der Waals surface area (Å²) in [7, 11) is 0. The highest BCUT2D eigenvalue weighted by atomic mass is 16.2. The van der Waals surface area contributed by atoms with Gasteiger partial charge in [-0.1, -0.05) is 48.5 Å². The molecular weight excluding hydrogens is 320 g/mol. The number of carbonyl (C=O) groups excluding carboxylic acids is 1. The highest BCUT2D eigenvalue weighted by molar-refractivity contribution is 5.97. The molecule has 2 aromatic carbocycles. The van der Waals surface area contributed by atoms with E-state index in [-0.39, 0.29) is 11.9 Å². The molecule has 3 heteroatoms. The van der Waals surface area contributed by atoms with E-state index < -0.39 is 0 Å². The Bertz CT molecular complexity index is 812. The number of quaternary nitrogens is 1. The Morgan fingerprint density at radius 2 is 1.81 bits per heavy atom. The maximum absolute atomic E-state index is 13.2. The van der Waals surface area contributed by atoms with Crippen LogP contribution in [0, 0.1) is 0 Å². The molecule has 26 heavy (non-hydrogen) atoms. The Labute approximate surface area is 155 Å². The summed E-state index contributed by atoms with van der Waals surface area (Å²) in [5, 5.41) is 0. The van der Waals surface area contributed by atoms with Gasteiger partial charge in [0.1, 0.15) is 0 Å². The largest absolute Gasteiger partial charge is 0.321 e. The van der Waals surface area contributed by atoms with Gasteiger partial charge in [0, 0.05) is 18.7 Å². The van der Waals surface area contributed by atoms with Gasteiger partial charge in [-0.05, 0) is 48.6 Å². The summed E-state index contributed by atoms with van der Waals surface area (Å²) in [5.41, 5.74) is 5.15. The van der Waals surface area contributed by atoms with Gasteiger partial charge in [0.15, 0.2) is 6.04 Å². The highest BCUT2D eigenvalue weighted by Gasteiger charge is 2.33. The van der Waals surface area contributed by atoms with Gasteiger partial charge in [-0.3, -0.25) is 4.79 Å². The predicted molar refractivity (Wildman–Crippen MR) is 106 cm³/mol. The van der Waals surface area contributed by atoms with Crippen LogP contribution in [0.15, 0.2) is 60.7 Å². The van der Waals surface area contributed by atoms with Crippen molar-refractivity contribution >= 4 is 17.2 Å². The molecule has 2 atom stereocenters. The van der Waals surface area contributed by atoms with Crippen LogP contribution in [-0.4, -0.2) is 31.6 Å². The molecule has 0 bridgehead atoms. The first-order valence-corrected chi connectivity index (χ1v) is 9.72. The zero-order valence-electron chi connectivity index (χ0n) is 15.4. The SMILES string of the molecule is C[C@@H](C(=O)N1CCCc2ccccc21)[NH+]1CC=C(c2ccccc2)CC1. The number of aryl methyl sites for hydroxylation is 1. The topological polar surface area (TPSA) is 24.8 Å². The number of amides is 1. The third-order valence-corrected chi connectivity index (χ3v) is 5.83. The average Bonchev–Trinajstić information content (AvgIpc) is 2.73. The summed E-state index contributed by atoms with van der Waals surface area (Å²) < 4.78 is 0. The van der Waals surface area contributed by atoms with E-state index in [1.165, 1.54) is 21.6 Å². The Morgan fingerprint density at radius 3 is 2.58 bits per heavy atom. The first-order valence-electron chi connectivity index (χ1n) is 9.72. The zero-order valence-corrected chi connectivity index (χ0v) is 15.4. The van der Waals surface area contributed by atoms with Gasteiger partial charge < -0.3 is 9.80 Å². The van der Waals surface area contributed by atoms with E-state index in [2.05, 4.69) is 61.5 Å². The first-order chi connectivity index (χ1) is 12.7. The van der Waals surface area contributed by atoms with Crippen LogP contribution in [0.5, 0.6) is 0 Å². The molecule has 0 radical (unpaired) electrons. The van der Waals surface area contributed by atoms with Crippen molar-refractivity contribution < 1.29 is 9.69 Å². The molecule has 4 rings (SSSR count). The van der Waals surface area contributed by atoms with Crippen LogP contribution in [0.3, 0.4) is 0 Å². The third-order valence-electron chi connectivity index (χ3n) is 5.83. The summed E-state index contributed by atoms with van der Waals surface area (Å²) in [6.45, 7) is 4.88. The zero-order chi connectivity index (χ0) is 17.9. The fourth-order valence-electron chi connectivity index (χ4n) is 4.23. The number of para-hydroxylation sites is 1. The number of hydrogen-bond acceptors (Lipinski definition) is 1. The summed E-state index contributed by atoms with van der Waals surface area (Å²) in [6, 6.07) is 19.0. The molecule has 0 saturated heterocycles. The fourth-order valence-corrected chi connectivity index (χ4v) is 4.23. The van der Waals surface area contributed by atoms with Crippen molar-refractivity contribution in [2.45, 2.75) is 32.2 Å². The Morgan fingerprint density at radius 1 is 1.04 bits per heavy atom. The molecule has 0 saturated carbocycles. The van der Waals surface area contributed by atoms with Gasteiger partial charge in [-0.25, -0.2) is 0 Å². The van der Waals surface area contributed by atoms with Crippen LogP contribution in [0.2, 0.25) is 0 Å². The molecule has 0 aliphatic carbocycles. The fraction of sp³-hybridized carbons (Fsp3) is 0.348. The van der Waals surface area contributed by atoms with Crippen molar-refractivity contribution in [1.82, 2.24) is 0 Å². The Balaban J connectivity index is 1.47. The molecule has 2 heterocycles. The van der Waals surface area contributed by atoms with Crippen LogP contribution in [-0.2, 0) is 11.2 Å². The maximum Gasteiger partial charge on any atom is 0.284 e.